The number of anilines is 1. The maximum atomic E-state index is 11.9. The highest BCUT2D eigenvalue weighted by Crippen LogP contribution is 2.19. The van der Waals surface area contributed by atoms with Gasteiger partial charge >= 0.3 is 5.97 Å². The van der Waals surface area contributed by atoms with Crippen LogP contribution in [0.4, 0.5) is 5.13 Å². The Labute approximate surface area is 124 Å². The first-order valence-electron chi connectivity index (χ1n) is 6.15. The van der Waals surface area contributed by atoms with E-state index in [9.17, 15) is 14.7 Å². The molecule has 110 valence electrons. The number of amides is 1. The Morgan fingerprint density at radius 1 is 1.48 bits per heavy atom. The number of rotatable bonds is 5. The number of hydrogen-bond acceptors (Lipinski definition) is 7. The summed E-state index contributed by atoms with van der Waals surface area (Å²) in [6, 6.07) is 2.89. The van der Waals surface area contributed by atoms with Gasteiger partial charge in [0.05, 0.1) is 18.7 Å². The minimum absolute atomic E-state index is 0.0506. The van der Waals surface area contributed by atoms with Gasteiger partial charge in [0.25, 0.3) is 5.91 Å². The lowest BCUT2D eigenvalue weighted by atomic mass is 10.3. The lowest BCUT2D eigenvalue weighted by molar-refractivity contribution is -0.142. The quantitative estimate of drug-likeness (QED) is 0.814. The van der Waals surface area contributed by atoms with Crippen molar-refractivity contribution in [1.82, 2.24) is 9.97 Å². The van der Waals surface area contributed by atoms with E-state index in [4.69, 9.17) is 4.74 Å². The molecule has 1 amide bonds. The van der Waals surface area contributed by atoms with Crippen molar-refractivity contribution in [2.45, 2.75) is 13.3 Å². The minimum Gasteiger partial charge on any atom is -0.505 e. The molecule has 0 bridgehead atoms. The van der Waals surface area contributed by atoms with Gasteiger partial charge in [0.2, 0.25) is 0 Å². The molecule has 2 aromatic rings. The van der Waals surface area contributed by atoms with Gasteiger partial charge < -0.3 is 9.84 Å². The summed E-state index contributed by atoms with van der Waals surface area (Å²) in [6.07, 6.45) is 1.46. The summed E-state index contributed by atoms with van der Waals surface area (Å²) in [5.74, 6) is -1.15. The Hall–Kier alpha value is -2.48. The fourth-order valence-corrected chi connectivity index (χ4v) is 2.24. The highest BCUT2D eigenvalue weighted by Gasteiger charge is 2.15. The number of nitrogens with zero attached hydrogens (tertiary/aromatic N) is 2. The van der Waals surface area contributed by atoms with Crippen molar-refractivity contribution in [3.8, 4) is 5.75 Å². The van der Waals surface area contributed by atoms with Gasteiger partial charge in [-0.15, -0.1) is 11.3 Å². The summed E-state index contributed by atoms with van der Waals surface area (Å²) in [4.78, 5) is 31.1. The molecule has 0 radical (unpaired) electrons. The van der Waals surface area contributed by atoms with E-state index in [1.165, 1.54) is 29.7 Å². The van der Waals surface area contributed by atoms with E-state index < -0.39 is 5.91 Å². The van der Waals surface area contributed by atoms with Crippen molar-refractivity contribution in [2.24, 2.45) is 0 Å². The summed E-state index contributed by atoms with van der Waals surface area (Å²) < 4.78 is 4.82. The average Bonchev–Trinajstić information content (AvgIpc) is 2.86. The second-order valence-electron chi connectivity index (χ2n) is 3.95. The van der Waals surface area contributed by atoms with Crippen LogP contribution in [-0.4, -0.2) is 33.6 Å². The molecule has 2 heterocycles. The standard InChI is InChI=1S/C13H13N3O4S/c1-2-20-10(18)6-8-7-21-13(15-8)16-12(19)11-9(17)4-3-5-14-11/h3-5,7,17H,2,6H2,1H3,(H,15,16,19). The number of thiazole rings is 1. The first-order valence-corrected chi connectivity index (χ1v) is 7.03. The average molecular weight is 307 g/mol. The topological polar surface area (TPSA) is 101 Å². The van der Waals surface area contributed by atoms with Crippen LogP contribution in [-0.2, 0) is 16.0 Å². The molecular weight excluding hydrogens is 294 g/mol. The van der Waals surface area contributed by atoms with E-state index in [0.717, 1.165) is 0 Å². The van der Waals surface area contributed by atoms with E-state index in [-0.39, 0.29) is 23.8 Å². The lowest BCUT2D eigenvalue weighted by Crippen LogP contribution is -2.14. The minimum atomic E-state index is -0.565. The summed E-state index contributed by atoms with van der Waals surface area (Å²) in [5.41, 5.74) is 0.429. The van der Waals surface area contributed by atoms with E-state index in [1.54, 1.807) is 12.3 Å². The molecule has 0 saturated carbocycles. The predicted molar refractivity (Wildman–Crippen MR) is 76.3 cm³/mol. The number of aromatic hydroxyl groups is 1. The molecule has 7 nitrogen and oxygen atoms in total. The van der Waals surface area contributed by atoms with Crippen LogP contribution in [0.2, 0.25) is 0 Å². The Morgan fingerprint density at radius 3 is 3.00 bits per heavy atom. The lowest BCUT2D eigenvalue weighted by Gasteiger charge is -2.02. The molecule has 0 unspecified atom stereocenters. The van der Waals surface area contributed by atoms with E-state index in [0.29, 0.717) is 17.4 Å². The van der Waals surface area contributed by atoms with Gasteiger partial charge in [0, 0.05) is 11.6 Å². The van der Waals surface area contributed by atoms with E-state index in [1.807, 2.05) is 0 Å². The zero-order chi connectivity index (χ0) is 15.2. The van der Waals surface area contributed by atoms with Crippen LogP contribution in [0.25, 0.3) is 0 Å². The zero-order valence-corrected chi connectivity index (χ0v) is 12.0. The summed E-state index contributed by atoms with van der Waals surface area (Å²) in [5, 5.41) is 14.0. The smallest absolute Gasteiger partial charge is 0.311 e. The highest BCUT2D eigenvalue weighted by atomic mass is 32.1. The third-order valence-corrected chi connectivity index (χ3v) is 3.21. The van der Waals surface area contributed by atoms with Crippen LogP contribution < -0.4 is 5.32 Å². The van der Waals surface area contributed by atoms with Crippen LogP contribution >= 0.6 is 11.3 Å². The molecular formula is C13H13N3O4S. The molecule has 0 aliphatic heterocycles. The summed E-state index contributed by atoms with van der Waals surface area (Å²) in [7, 11) is 0. The summed E-state index contributed by atoms with van der Waals surface area (Å²) >= 11 is 1.18. The fraction of sp³-hybridized carbons (Fsp3) is 0.231. The number of carbonyl (C=O) groups excluding carboxylic acids is 2. The molecule has 0 aliphatic rings. The molecule has 0 atom stereocenters. The summed E-state index contributed by atoms with van der Waals surface area (Å²) in [6.45, 7) is 2.04. The number of pyridine rings is 1. The van der Waals surface area contributed by atoms with Crippen molar-refractivity contribution in [3.05, 3.63) is 35.1 Å². The molecule has 2 aromatic heterocycles. The molecule has 2 N–H and O–H groups in total. The van der Waals surface area contributed by atoms with Crippen LogP contribution in [0.3, 0.4) is 0 Å². The van der Waals surface area contributed by atoms with Crippen molar-refractivity contribution in [3.63, 3.8) is 0 Å². The van der Waals surface area contributed by atoms with Crippen LogP contribution in [0.15, 0.2) is 23.7 Å². The molecule has 0 aliphatic carbocycles. The van der Waals surface area contributed by atoms with E-state index >= 15 is 0 Å². The number of esters is 1. The second-order valence-corrected chi connectivity index (χ2v) is 4.81. The largest absolute Gasteiger partial charge is 0.505 e. The Morgan fingerprint density at radius 2 is 2.29 bits per heavy atom. The molecule has 2 rings (SSSR count). The van der Waals surface area contributed by atoms with Gasteiger partial charge in [-0.25, -0.2) is 9.97 Å². The zero-order valence-electron chi connectivity index (χ0n) is 11.2. The maximum absolute atomic E-state index is 11.9. The molecule has 0 spiro atoms. The molecule has 0 fully saturated rings. The second kappa shape index (κ2) is 6.80. The van der Waals surface area contributed by atoms with Gasteiger partial charge in [0.1, 0.15) is 5.75 Å². The molecule has 0 saturated heterocycles. The Kier molecular flexibility index (Phi) is 4.83. The first-order chi connectivity index (χ1) is 10.1. The van der Waals surface area contributed by atoms with Gasteiger partial charge in [-0.1, -0.05) is 0 Å². The number of hydrogen-bond donors (Lipinski definition) is 2. The number of carbonyl (C=O) groups is 2. The van der Waals surface area contributed by atoms with Gasteiger partial charge in [-0.2, -0.15) is 0 Å². The number of nitrogens with one attached hydrogen (secondary N) is 1. The number of ether oxygens (including phenoxy) is 1. The Bertz CT molecular complexity index is 656. The molecule has 21 heavy (non-hydrogen) atoms. The maximum Gasteiger partial charge on any atom is 0.311 e. The third-order valence-electron chi connectivity index (χ3n) is 2.40. The van der Waals surface area contributed by atoms with Crippen molar-refractivity contribution < 1.29 is 19.4 Å². The third kappa shape index (κ3) is 3.99. The highest BCUT2D eigenvalue weighted by molar-refractivity contribution is 7.14. The van der Waals surface area contributed by atoms with Gasteiger partial charge in [-0.3, -0.25) is 14.9 Å². The van der Waals surface area contributed by atoms with Crippen molar-refractivity contribution >= 4 is 28.3 Å². The van der Waals surface area contributed by atoms with Gasteiger partial charge in [-0.05, 0) is 19.1 Å². The predicted octanol–water partition coefficient (Wildman–Crippen LogP) is 1.60. The van der Waals surface area contributed by atoms with Crippen LogP contribution in [0.1, 0.15) is 23.1 Å². The Balaban J connectivity index is 2.01. The normalized spacial score (nSPS) is 10.1. The molecule has 8 heteroatoms. The number of aromatic nitrogens is 2. The SMILES string of the molecule is CCOC(=O)Cc1csc(NC(=O)c2ncccc2O)n1. The van der Waals surface area contributed by atoms with E-state index in [2.05, 4.69) is 15.3 Å². The van der Waals surface area contributed by atoms with Gasteiger partial charge in [0.15, 0.2) is 10.8 Å². The van der Waals surface area contributed by atoms with Crippen molar-refractivity contribution in [2.75, 3.05) is 11.9 Å². The molecule has 0 aromatic carbocycles. The van der Waals surface area contributed by atoms with Crippen molar-refractivity contribution in [1.29, 1.82) is 0 Å². The fourth-order valence-electron chi connectivity index (χ4n) is 1.53. The van der Waals surface area contributed by atoms with Crippen LogP contribution in [0, 0.1) is 0 Å². The monoisotopic (exact) mass is 307 g/mol. The van der Waals surface area contributed by atoms with Crippen LogP contribution in [0.5, 0.6) is 5.75 Å². The first kappa shape index (κ1) is 14.9.